The van der Waals surface area contributed by atoms with Gasteiger partial charge >= 0.3 is 0 Å². The third kappa shape index (κ3) is 4.29. The summed E-state index contributed by atoms with van der Waals surface area (Å²) in [6.07, 6.45) is 3.46. The number of nitrogens with zero attached hydrogens (tertiary/aromatic N) is 1. The zero-order valence-electron chi connectivity index (χ0n) is 14.5. The van der Waals surface area contributed by atoms with E-state index in [9.17, 15) is 14.7 Å². The number of hydrogen-bond acceptors (Lipinski definition) is 4. The van der Waals surface area contributed by atoms with E-state index in [0.29, 0.717) is 5.69 Å². The summed E-state index contributed by atoms with van der Waals surface area (Å²) in [6.45, 7) is 4.30. The average Bonchev–Trinajstić information content (AvgIpc) is 2.61. The van der Waals surface area contributed by atoms with Gasteiger partial charge in [-0.25, -0.2) is 0 Å². The van der Waals surface area contributed by atoms with Crippen molar-refractivity contribution in [2.24, 2.45) is 0 Å². The quantitative estimate of drug-likeness (QED) is 0.909. The first kappa shape index (κ1) is 17.3. The molecule has 0 bridgehead atoms. The van der Waals surface area contributed by atoms with Gasteiger partial charge in [-0.05, 0) is 73.2 Å². The van der Waals surface area contributed by atoms with E-state index in [1.807, 2.05) is 18.2 Å². The average molecular weight is 339 g/mol. The number of carboxylic acid groups (broad SMARTS) is 1. The van der Waals surface area contributed by atoms with Gasteiger partial charge in [0.2, 0.25) is 5.91 Å². The number of aryl methyl sites for hydroxylation is 1. The molecule has 0 aromatic heterocycles. The zero-order valence-corrected chi connectivity index (χ0v) is 14.5. The fourth-order valence-corrected chi connectivity index (χ4v) is 3.38. The van der Waals surface area contributed by atoms with Gasteiger partial charge in [0.15, 0.2) is 0 Å². The van der Waals surface area contributed by atoms with Crippen LogP contribution in [0.25, 0.3) is 10.8 Å². The maximum Gasteiger partial charge on any atom is 0.224 e. The molecule has 25 heavy (non-hydrogen) atoms. The molecule has 0 atom stereocenters. The Labute approximate surface area is 147 Å². The second-order valence-corrected chi connectivity index (χ2v) is 6.67. The van der Waals surface area contributed by atoms with E-state index in [0.717, 1.165) is 23.9 Å². The number of fused-ring (bicyclic) bond motifs is 1. The summed E-state index contributed by atoms with van der Waals surface area (Å²) in [7, 11) is 0. The van der Waals surface area contributed by atoms with E-state index in [-0.39, 0.29) is 18.7 Å². The van der Waals surface area contributed by atoms with Crippen molar-refractivity contribution in [2.45, 2.75) is 39.0 Å². The Hall–Kier alpha value is -2.56. The van der Waals surface area contributed by atoms with Crippen molar-refractivity contribution in [3.05, 3.63) is 35.9 Å². The van der Waals surface area contributed by atoms with Gasteiger partial charge < -0.3 is 20.1 Å². The molecule has 1 saturated heterocycles. The number of aliphatic carboxylic acids is 1. The highest BCUT2D eigenvalue weighted by molar-refractivity contribution is 5.97. The van der Waals surface area contributed by atoms with Crippen LogP contribution in [0.1, 0.15) is 37.7 Å². The fourth-order valence-electron chi connectivity index (χ4n) is 3.38. The Balaban J connectivity index is 1.79. The van der Waals surface area contributed by atoms with Gasteiger partial charge in [-0.3, -0.25) is 4.79 Å². The van der Waals surface area contributed by atoms with E-state index in [1.165, 1.54) is 30.5 Å². The van der Waals surface area contributed by atoms with Gasteiger partial charge in [-0.1, -0.05) is 6.07 Å². The predicted octanol–water partition coefficient (Wildman–Crippen LogP) is 2.61. The Kier molecular flexibility index (Phi) is 5.22. The molecule has 3 rings (SSSR count). The van der Waals surface area contributed by atoms with Crippen molar-refractivity contribution in [3.8, 4) is 0 Å². The molecular weight excluding hydrogens is 316 g/mol. The van der Waals surface area contributed by atoms with Crippen LogP contribution in [0.15, 0.2) is 30.3 Å². The molecule has 5 heteroatoms. The standard InChI is InChI=1S/C20H24N2O3/c1-14-11-17(22-9-3-2-4-10-22)12-15-5-6-16(13-18(14)15)21-19(23)7-8-20(24)25/h5-6,11-13H,2-4,7-10H2,1H3,(H,21,23)(H,24,25)/p-1. The monoisotopic (exact) mass is 339 g/mol. The molecule has 1 fully saturated rings. The molecular formula is C20H23N2O3-. The maximum absolute atomic E-state index is 11.8. The summed E-state index contributed by atoms with van der Waals surface area (Å²) in [5.41, 5.74) is 3.11. The van der Waals surface area contributed by atoms with Gasteiger partial charge in [-0.2, -0.15) is 0 Å². The topological polar surface area (TPSA) is 72.5 Å². The summed E-state index contributed by atoms with van der Waals surface area (Å²) in [6, 6.07) is 10.2. The molecule has 2 aromatic carbocycles. The molecule has 132 valence electrons. The maximum atomic E-state index is 11.8. The first-order valence-corrected chi connectivity index (χ1v) is 8.82. The Morgan fingerprint density at radius 2 is 1.84 bits per heavy atom. The van der Waals surface area contributed by atoms with Crippen LogP contribution < -0.4 is 15.3 Å². The van der Waals surface area contributed by atoms with Crippen LogP contribution in [0.5, 0.6) is 0 Å². The van der Waals surface area contributed by atoms with E-state index in [4.69, 9.17) is 0 Å². The van der Waals surface area contributed by atoms with E-state index >= 15 is 0 Å². The Morgan fingerprint density at radius 3 is 2.56 bits per heavy atom. The molecule has 1 N–H and O–H groups in total. The number of amides is 1. The van der Waals surface area contributed by atoms with Crippen molar-refractivity contribution in [2.75, 3.05) is 23.3 Å². The minimum absolute atomic E-state index is 0.0761. The number of rotatable bonds is 5. The number of piperidine rings is 1. The van der Waals surface area contributed by atoms with Gasteiger partial charge in [-0.15, -0.1) is 0 Å². The van der Waals surface area contributed by atoms with E-state index in [1.54, 1.807) is 0 Å². The molecule has 0 spiro atoms. The number of carbonyl (C=O) groups excluding carboxylic acids is 2. The molecule has 5 nitrogen and oxygen atoms in total. The third-order valence-corrected chi connectivity index (χ3v) is 4.71. The molecule has 2 aromatic rings. The minimum Gasteiger partial charge on any atom is -0.550 e. The molecule has 1 aliphatic rings. The molecule has 0 unspecified atom stereocenters. The summed E-state index contributed by atoms with van der Waals surface area (Å²) >= 11 is 0. The van der Waals surface area contributed by atoms with Crippen LogP contribution in [-0.4, -0.2) is 25.0 Å². The number of hydrogen-bond donors (Lipinski definition) is 1. The van der Waals surface area contributed by atoms with Crippen LogP contribution in [0.3, 0.4) is 0 Å². The highest BCUT2D eigenvalue weighted by Gasteiger charge is 2.13. The number of anilines is 2. The Morgan fingerprint density at radius 1 is 1.08 bits per heavy atom. The number of carboxylic acids is 1. The SMILES string of the molecule is Cc1cc(N2CCCCC2)cc2ccc(NC(=O)CCC(=O)[O-])cc12. The lowest BCUT2D eigenvalue weighted by Gasteiger charge is -2.29. The smallest absolute Gasteiger partial charge is 0.224 e. The number of carbonyl (C=O) groups is 2. The molecule has 1 amide bonds. The first-order chi connectivity index (χ1) is 12.0. The molecule has 0 radical (unpaired) electrons. The lowest BCUT2D eigenvalue weighted by molar-refractivity contribution is -0.305. The van der Waals surface area contributed by atoms with Crippen molar-refractivity contribution in [3.63, 3.8) is 0 Å². The number of nitrogens with one attached hydrogen (secondary N) is 1. The summed E-state index contributed by atoms with van der Waals surface area (Å²) in [5.74, 6) is -1.53. The van der Waals surface area contributed by atoms with E-state index in [2.05, 4.69) is 29.3 Å². The second-order valence-electron chi connectivity index (χ2n) is 6.67. The highest BCUT2D eigenvalue weighted by atomic mass is 16.4. The van der Waals surface area contributed by atoms with Gasteiger partial charge in [0.1, 0.15) is 0 Å². The molecule has 0 aliphatic carbocycles. The van der Waals surface area contributed by atoms with Gasteiger partial charge in [0.25, 0.3) is 0 Å². The highest BCUT2D eigenvalue weighted by Crippen LogP contribution is 2.29. The van der Waals surface area contributed by atoms with Crippen molar-refractivity contribution in [1.29, 1.82) is 0 Å². The van der Waals surface area contributed by atoms with Crippen LogP contribution in [0, 0.1) is 6.92 Å². The minimum atomic E-state index is -1.21. The van der Waals surface area contributed by atoms with Gasteiger partial charge in [0, 0.05) is 36.9 Å². The lowest BCUT2D eigenvalue weighted by Crippen LogP contribution is -2.29. The lowest BCUT2D eigenvalue weighted by atomic mass is 10.0. The molecule has 1 aliphatic heterocycles. The van der Waals surface area contributed by atoms with Crippen LogP contribution >= 0.6 is 0 Å². The summed E-state index contributed by atoms with van der Waals surface area (Å²) < 4.78 is 0. The third-order valence-electron chi connectivity index (χ3n) is 4.71. The van der Waals surface area contributed by atoms with E-state index < -0.39 is 5.97 Å². The van der Waals surface area contributed by atoms with Crippen molar-refractivity contribution in [1.82, 2.24) is 0 Å². The Bertz CT molecular complexity index is 795. The van der Waals surface area contributed by atoms with Gasteiger partial charge in [0.05, 0.1) is 0 Å². The van der Waals surface area contributed by atoms with Crippen LogP contribution in [0.2, 0.25) is 0 Å². The second kappa shape index (κ2) is 7.55. The van der Waals surface area contributed by atoms with Crippen molar-refractivity contribution >= 4 is 34.0 Å². The molecule has 0 saturated carbocycles. The number of benzene rings is 2. The summed E-state index contributed by atoms with van der Waals surface area (Å²) in [5, 5.41) is 15.4. The normalized spacial score (nSPS) is 14.5. The fraction of sp³-hybridized carbons (Fsp3) is 0.400. The van der Waals surface area contributed by atoms with Crippen LogP contribution in [-0.2, 0) is 9.59 Å². The molecule has 1 heterocycles. The van der Waals surface area contributed by atoms with Crippen LogP contribution in [0.4, 0.5) is 11.4 Å². The zero-order chi connectivity index (χ0) is 17.8. The predicted molar refractivity (Wildman–Crippen MR) is 97.6 cm³/mol. The first-order valence-electron chi connectivity index (χ1n) is 8.82. The summed E-state index contributed by atoms with van der Waals surface area (Å²) in [4.78, 5) is 24.7. The largest absolute Gasteiger partial charge is 0.550 e. The van der Waals surface area contributed by atoms with Crippen molar-refractivity contribution < 1.29 is 14.7 Å².